The molecule has 20 heavy (non-hydrogen) atoms. The molecule has 0 amide bonds. The predicted molar refractivity (Wildman–Crippen MR) is 86.0 cm³/mol. The maximum Gasteiger partial charge on any atom is 0.0598 e. The summed E-state index contributed by atoms with van der Waals surface area (Å²) in [4.78, 5) is 2.80. The molecule has 2 atom stereocenters. The van der Waals surface area contributed by atoms with E-state index in [1.165, 1.54) is 38.6 Å². The summed E-state index contributed by atoms with van der Waals surface area (Å²) >= 11 is 0. The van der Waals surface area contributed by atoms with Crippen LogP contribution in [0.3, 0.4) is 0 Å². The fourth-order valence-electron chi connectivity index (χ4n) is 3.97. The van der Waals surface area contributed by atoms with Crippen molar-refractivity contribution in [2.45, 2.75) is 91.3 Å². The monoisotopic (exact) mass is 281 g/mol. The summed E-state index contributed by atoms with van der Waals surface area (Å²) in [6, 6.07) is 1.71. The van der Waals surface area contributed by atoms with E-state index in [2.05, 4.69) is 46.4 Å². The van der Waals surface area contributed by atoms with Crippen molar-refractivity contribution in [3.63, 3.8) is 0 Å². The first kappa shape index (κ1) is 16.3. The van der Waals surface area contributed by atoms with Gasteiger partial charge >= 0.3 is 0 Å². The molecule has 2 heterocycles. The number of ether oxygens (including phenoxy) is 1. The molecular weight excluding hydrogens is 246 g/mol. The minimum Gasteiger partial charge on any atom is -0.376 e. The molecule has 118 valence electrons. The molecule has 2 aliphatic rings. The van der Waals surface area contributed by atoms with Crippen molar-refractivity contribution in [3.05, 3.63) is 0 Å². The smallest absolute Gasteiger partial charge is 0.0598 e. The molecule has 2 unspecified atom stereocenters. The van der Waals surface area contributed by atoms with E-state index in [0.29, 0.717) is 5.41 Å². The van der Waals surface area contributed by atoms with Gasteiger partial charge in [0.05, 0.1) is 5.60 Å². The average molecular weight is 281 g/mol. The van der Waals surface area contributed by atoms with Gasteiger partial charge in [-0.2, -0.15) is 0 Å². The van der Waals surface area contributed by atoms with Crippen LogP contribution >= 0.6 is 0 Å². The summed E-state index contributed by atoms with van der Waals surface area (Å²) in [7, 11) is 0. The summed E-state index contributed by atoms with van der Waals surface area (Å²) in [5, 5.41) is 0. The maximum absolute atomic E-state index is 5.86. The second-order valence-corrected chi connectivity index (χ2v) is 8.97. The maximum atomic E-state index is 5.86. The highest BCUT2D eigenvalue weighted by Crippen LogP contribution is 2.45. The standard InChI is InChI=1S/C18H35NO/c1-17(2,3)14-12-15-8-9-16(13-14)19(15)10-7-11-20-18(4,5)6/h14-16H,7-13H2,1-6H3. The fourth-order valence-corrected chi connectivity index (χ4v) is 3.97. The molecule has 2 saturated heterocycles. The number of rotatable bonds is 4. The van der Waals surface area contributed by atoms with Crippen LogP contribution in [0.2, 0.25) is 0 Å². The highest BCUT2D eigenvalue weighted by molar-refractivity contribution is 4.97. The summed E-state index contributed by atoms with van der Waals surface area (Å²) in [6.45, 7) is 15.8. The number of hydrogen-bond donors (Lipinski definition) is 0. The molecule has 2 aliphatic heterocycles. The Balaban J connectivity index is 1.78. The van der Waals surface area contributed by atoms with E-state index < -0.39 is 0 Å². The van der Waals surface area contributed by atoms with Crippen LogP contribution in [-0.4, -0.2) is 35.7 Å². The number of hydrogen-bond acceptors (Lipinski definition) is 2. The topological polar surface area (TPSA) is 12.5 Å². The van der Waals surface area contributed by atoms with Gasteiger partial charge in [0.1, 0.15) is 0 Å². The molecule has 0 aromatic carbocycles. The minimum atomic E-state index is 0.0121. The first-order valence-corrected chi connectivity index (χ1v) is 8.56. The summed E-state index contributed by atoms with van der Waals surface area (Å²) < 4.78 is 5.86. The molecule has 2 rings (SSSR count). The summed E-state index contributed by atoms with van der Waals surface area (Å²) in [5.74, 6) is 0.919. The lowest BCUT2D eigenvalue weighted by molar-refractivity contribution is -0.0133. The average Bonchev–Trinajstić information content (AvgIpc) is 2.53. The van der Waals surface area contributed by atoms with Crippen molar-refractivity contribution in [3.8, 4) is 0 Å². The van der Waals surface area contributed by atoms with E-state index in [4.69, 9.17) is 4.74 Å². The van der Waals surface area contributed by atoms with Crippen molar-refractivity contribution in [1.82, 2.24) is 4.90 Å². The molecule has 2 bridgehead atoms. The van der Waals surface area contributed by atoms with E-state index in [-0.39, 0.29) is 5.60 Å². The Hall–Kier alpha value is -0.0800. The Labute approximate surface area is 126 Å². The fraction of sp³-hybridized carbons (Fsp3) is 1.00. The van der Waals surface area contributed by atoms with Crippen LogP contribution in [0, 0.1) is 11.3 Å². The lowest BCUT2D eigenvalue weighted by atomic mass is 9.73. The lowest BCUT2D eigenvalue weighted by Gasteiger charge is -2.44. The van der Waals surface area contributed by atoms with Gasteiger partial charge in [-0.1, -0.05) is 20.8 Å². The second kappa shape index (κ2) is 5.96. The third-order valence-electron chi connectivity index (χ3n) is 5.20. The third kappa shape index (κ3) is 4.21. The van der Waals surface area contributed by atoms with Crippen LogP contribution in [0.5, 0.6) is 0 Å². The van der Waals surface area contributed by atoms with Gasteiger partial charge in [0.2, 0.25) is 0 Å². The zero-order valence-corrected chi connectivity index (χ0v) is 14.5. The highest BCUT2D eigenvalue weighted by atomic mass is 16.5. The number of piperidine rings is 1. The molecule has 0 radical (unpaired) electrons. The summed E-state index contributed by atoms with van der Waals surface area (Å²) in [6.07, 6.45) is 6.87. The first-order valence-electron chi connectivity index (χ1n) is 8.56. The Kier molecular flexibility index (Phi) is 4.86. The molecule has 0 aliphatic carbocycles. The third-order valence-corrected chi connectivity index (χ3v) is 5.20. The molecule has 0 aromatic heterocycles. The Morgan fingerprint density at radius 3 is 1.95 bits per heavy atom. The van der Waals surface area contributed by atoms with Crippen molar-refractivity contribution in [1.29, 1.82) is 0 Å². The zero-order valence-electron chi connectivity index (χ0n) is 14.5. The Bertz CT molecular complexity index is 298. The lowest BCUT2D eigenvalue weighted by Crippen LogP contribution is -2.46. The van der Waals surface area contributed by atoms with E-state index in [1.54, 1.807) is 0 Å². The molecule has 2 heteroatoms. The molecule has 2 nitrogen and oxygen atoms in total. The molecule has 0 spiro atoms. The van der Waals surface area contributed by atoms with E-state index in [1.807, 2.05) is 0 Å². The van der Waals surface area contributed by atoms with E-state index in [9.17, 15) is 0 Å². The quantitative estimate of drug-likeness (QED) is 0.704. The molecule has 0 aromatic rings. The normalized spacial score (nSPS) is 31.8. The molecule has 0 saturated carbocycles. The van der Waals surface area contributed by atoms with Gasteiger partial charge in [0.25, 0.3) is 0 Å². The SMILES string of the molecule is CC(C)(C)OCCCN1C2CCC1CC(C(C)(C)C)C2. The predicted octanol–water partition coefficient (Wildman–Crippen LogP) is 4.48. The van der Waals surface area contributed by atoms with E-state index in [0.717, 1.165) is 24.6 Å². The summed E-state index contributed by atoms with van der Waals surface area (Å²) in [5.41, 5.74) is 0.500. The van der Waals surface area contributed by atoms with Crippen molar-refractivity contribution < 1.29 is 4.74 Å². The molecule has 2 fully saturated rings. The van der Waals surface area contributed by atoms with Gasteiger partial charge in [-0.05, 0) is 64.2 Å². The van der Waals surface area contributed by atoms with Crippen LogP contribution in [-0.2, 0) is 4.74 Å². The van der Waals surface area contributed by atoms with Gasteiger partial charge in [-0.25, -0.2) is 0 Å². The molecular formula is C18H35NO. The highest BCUT2D eigenvalue weighted by Gasteiger charge is 2.43. The van der Waals surface area contributed by atoms with Crippen molar-refractivity contribution in [2.24, 2.45) is 11.3 Å². The van der Waals surface area contributed by atoms with Crippen LogP contribution < -0.4 is 0 Å². The van der Waals surface area contributed by atoms with Gasteiger partial charge in [-0.15, -0.1) is 0 Å². The van der Waals surface area contributed by atoms with Crippen molar-refractivity contribution in [2.75, 3.05) is 13.2 Å². The number of nitrogens with zero attached hydrogens (tertiary/aromatic N) is 1. The van der Waals surface area contributed by atoms with Gasteiger partial charge < -0.3 is 4.74 Å². The van der Waals surface area contributed by atoms with Gasteiger partial charge in [-0.3, -0.25) is 4.90 Å². The Morgan fingerprint density at radius 1 is 0.950 bits per heavy atom. The van der Waals surface area contributed by atoms with Gasteiger partial charge in [0, 0.05) is 25.2 Å². The van der Waals surface area contributed by atoms with Crippen LogP contribution in [0.1, 0.15) is 73.6 Å². The van der Waals surface area contributed by atoms with Crippen LogP contribution in [0.4, 0.5) is 0 Å². The first-order chi connectivity index (χ1) is 9.17. The zero-order chi connectivity index (χ0) is 15.0. The Morgan fingerprint density at radius 2 is 1.50 bits per heavy atom. The van der Waals surface area contributed by atoms with Crippen LogP contribution in [0.15, 0.2) is 0 Å². The number of fused-ring (bicyclic) bond motifs is 2. The van der Waals surface area contributed by atoms with Crippen LogP contribution in [0.25, 0.3) is 0 Å². The van der Waals surface area contributed by atoms with Crippen molar-refractivity contribution >= 4 is 0 Å². The minimum absolute atomic E-state index is 0.0121. The van der Waals surface area contributed by atoms with Gasteiger partial charge in [0.15, 0.2) is 0 Å². The second-order valence-electron chi connectivity index (χ2n) is 8.97. The van der Waals surface area contributed by atoms with E-state index >= 15 is 0 Å². The largest absolute Gasteiger partial charge is 0.376 e. The molecule has 0 N–H and O–H groups in total.